The zero-order chi connectivity index (χ0) is 12.5. The average molecular weight is 242 g/mol. The minimum absolute atomic E-state index is 0.265. The monoisotopic (exact) mass is 242 g/mol. The predicted octanol–water partition coefficient (Wildman–Crippen LogP) is 0.134. The van der Waals surface area contributed by atoms with Crippen LogP contribution in [-0.2, 0) is 14.3 Å². The number of esters is 1. The van der Waals surface area contributed by atoms with Crippen LogP contribution in [0, 0.1) is 0 Å². The van der Waals surface area contributed by atoms with E-state index < -0.39 is 11.8 Å². The minimum Gasteiger partial charge on any atom is -0.480 e. The lowest BCUT2D eigenvalue weighted by Gasteiger charge is -2.32. The molecule has 17 heavy (non-hydrogen) atoms. The second-order valence-electron chi connectivity index (χ2n) is 5.16. The molecule has 2 aliphatic rings. The quantitative estimate of drug-likeness (QED) is 0.676. The SMILES string of the molecule is CC1(C)OC(=O)C(C[NH+]2CCCCC2)=C(O)O1. The first-order valence-corrected chi connectivity index (χ1v) is 6.16. The Hall–Kier alpha value is -1.23. The van der Waals surface area contributed by atoms with Crippen molar-refractivity contribution in [2.75, 3.05) is 19.6 Å². The molecule has 0 aromatic heterocycles. The van der Waals surface area contributed by atoms with Crippen LogP contribution in [0.4, 0.5) is 0 Å². The third kappa shape index (κ3) is 2.91. The predicted molar refractivity (Wildman–Crippen MR) is 60.3 cm³/mol. The van der Waals surface area contributed by atoms with Crippen molar-refractivity contribution in [1.82, 2.24) is 0 Å². The molecule has 0 spiro atoms. The summed E-state index contributed by atoms with van der Waals surface area (Å²) in [4.78, 5) is 13.1. The van der Waals surface area contributed by atoms with Crippen LogP contribution >= 0.6 is 0 Å². The van der Waals surface area contributed by atoms with Gasteiger partial charge in [-0.05, 0) is 19.3 Å². The Balaban J connectivity index is 2.06. The zero-order valence-electron chi connectivity index (χ0n) is 10.4. The van der Waals surface area contributed by atoms with E-state index in [2.05, 4.69) is 0 Å². The van der Waals surface area contributed by atoms with Crippen molar-refractivity contribution < 1.29 is 24.3 Å². The molecule has 0 amide bonds. The van der Waals surface area contributed by atoms with Crippen molar-refractivity contribution in [1.29, 1.82) is 0 Å². The Morgan fingerprint density at radius 2 is 1.88 bits per heavy atom. The van der Waals surface area contributed by atoms with Crippen LogP contribution in [0.3, 0.4) is 0 Å². The number of hydrogen-bond donors (Lipinski definition) is 2. The first-order chi connectivity index (χ1) is 7.98. The molecule has 5 nitrogen and oxygen atoms in total. The number of aliphatic hydroxyl groups excluding tert-OH is 1. The summed E-state index contributed by atoms with van der Waals surface area (Å²) in [5.41, 5.74) is 0.265. The third-order valence-electron chi connectivity index (χ3n) is 3.17. The molecule has 2 rings (SSSR count). The second kappa shape index (κ2) is 4.56. The molecule has 2 N–H and O–H groups in total. The smallest absolute Gasteiger partial charge is 0.350 e. The number of ether oxygens (including phenoxy) is 2. The Kier molecular flexibility index (Phi) is 3.28. The summed E-state index contributed by atoms with van der Waals surface area (Å²) in [6, 6.07) is 0. The van der Waals surface area contributed by atoms with Crippen molar-refractivity contribution in [3.05, 3.63) is 11.5 Å². The van der Waals surface area contributed by atoms with E-state index in [9.17, 15) is 9.90 Å². The highest BCUT2D eigenvalue weighted by molar-refractivity contribution is 5.89. The van der Waals surface area contributed by atoms with Gasteiger partial charge in [-0.3, -0.25) is 0 Å². The number of carbonyl (C=O) groups excluding carboxylic acids is 1. The summed E-state index contributed by atoms with van der Waals surface area (Å²) in [5, 5.41) is 9.75. The van der Waals surface area contributed by atoms with Crippen molar-refractivity contribution in [3.8, 4) is 0 Å². The number of quaternary nitrogens is 1. The number of aliphatic hydroxyl groups is 1. The van der Waals surface area contributed by atoms with Gasteiger partial charge in [-0.25, -0.2) is 4.79 Å². The standard InChI is InChI=1S/C12H19NO4/c1-12(2)16-10(14)9(11(15)17-12)8-13-6-4-3-5-7-13/h14H,3-8H2,1-2H3/p+1. The van der Waals surface area contributed by atoms with Gasteiger partial charge in [-0.2, -0.15) is 0 Å². The highest BCUT2D eigenvalue weighted by Gasteiger charge is 2.38. The van der Waals surface area contributed by atoms with Crippen molar-refractivity contribution in [3.63, 3.8) is 0 Å². The fourth-order valence-electron chi connectivity index (χ4n) is 2.31. The lowest BCUT2D eigenvalue weighted by Crippen LogP contribution is -3.13. The van der Waals surface area contributed by atoms with E-state index in [0.717, 1.165) is 13.1 Å². The van der Waals surface area contributed by atoms with E-state index in [1.54, 1.807) is 13.8 Å². The summed E-state index contributed by atoms with van der Waals surface area (Å²) in [5.74, 6) is -1.80. The molecule has 2 aliphatic heterocycles. The van der Waals surface area contributed by atoms with Crippen LogP contribution in [-0.4, -0.2) is 36.5 Å². The normalized spacial score (nSPS) is 25.4. The van der Waals surface area contributed by atoms with Crippen molar-refractivity contribution in [2.24, 2.45) is 0 Å². The molecular formula is C12H20NO4+. The van der Waals surface area contributed by atoms with E-state index in [1.165, 1.54) is 24.2 Å². The number of rotatable bonds is 2. The van der Waals surface area contributed by atoms with Gasteiger partial charge < -0.3 is 19.5 Å². The van der Waals surface area contributed by atoms with Gasteiger partial charge in [0.1, 0.15) is 6.54 Å². The van der Waals surface area contributed by atoms with Gasteiger partial charge in [0.15, 0.2) is 5.57 Å². The van der Waals surface area contributed by atoms with Crippen LogP contribution in [0.15, 0.2) is 11.5 Å². The largest absolute Gasteiger partial charge is 0.480 e. The highest BCUT2D eigenvalue weighted by Crippen LogP contribution is 2.24. The average Bonchev–Trinajstić information content (AvgIpc) is 2.24. The van der Waals surface area contributed by atoms with E-state index in [4.69, 9.17) is 9.47 Å². The summed E-state index contributed by atoms with van der Waals surface area (Å²) >= 11 is 0. The molecule has 0 bridgehead atoms. The number of piperidine rings is 1. The van der Waals surface area contributed by atoms with Crippen LogP contribution in [0.2, 0.25) is 0 Å². The third-order valence-corrected chi connectivity index (χ3v) is 3.17. The minimum atomic E-state index is -1.07. The summed E-state index contributed by atoms with van der Waals surface area (Å²) in [6.45, 7) is 5.76. The molecule has 0 saturated carbocycles. The summed E-state index contributed by atoms with van der Waals surface area (Å²) in [6.07, 6.45) is 3.60. The molecule has 0 aromatic carbocycles. The number of cyclic esters (lactones) is 1. The fraction of sp³-hybridized carbons (Fsp3) is 0.750. The summed E-state index contributed by atoms with van der Waals surface area (Å²) < 4.78 is 10.3. The van der Waals surface area contributed by atoms with Crippen molar-refractivity contribution in [2.45, 2.75) is 38.9 Å². The first kappa shape index (κ1) is 12.2. The molecule has 1 saturated heterocycles. The van der Waals surface area contributed by atoms with Crippen LogP contribution in [0.5, 0.6) is 0 Å². The van der Waals surface area contributed by atoms with Gasteiger partial charge in [-0.1, -0.05) is 0 Å². The van der Waals surface area contributed by atoms with E-state index in [-0.39, 0.29) is 11.5 Å². The second-order valence-corrected chi connectivity index (χ2v) is 5.16. The fourth-order valence-corrected chi connectivity index (χ4v) is 2.31. The van der Waals surface area contributed by atoms with Crippen LogP contribution in [0.25, 0.3) is 0 Å². The Bertz CT molecular complexity index is 342. The number of nitrogens with one attached hydrogen (secondary N) is 1. The maximum atomic E-state index is 11.8. The maximum absolute atomic E-state index is 11.8. The molecule has 2 heterocycles. The first-order valence-electron chi connectivity index (χ1n) is 6.16. The van der Waals surface area contributed by atoms with Gasteiger partial charge in [0.05, 0.1) is 13.1 Å². The zero-order valence-corrected chi connectivity index (χ0v) is 10.4. The number of likely N-dealkylation sites (tertiary alicyclic amines) is 1. The topological polar surface area (TPSA) is 60.2 Å². The van der Waals surface area contributed by atoms with E-state index in [1.807, 2.05) is 0 Å². The summed E-state index contributed by atoms with van der Waals surface area (Å²) in [7, 11) is 0. The molecular weight excluding hydrogens is 222 g/mol. The molecule has 0 aliphatic carbocycles. The number of carbonyl (C=O) groups is 1. The molecule has 0 atom stereocenters. The van der Waals surface area contributed by atoms with Gasteiger partial charge >= 0.3 is 5.97 Å². The highest BCUT2D eigenvalue weighted by atomic mass is 16.8. The molecule has 0 unspecified atom stereocenters. The van der Waals surface area contributed by atoms with E-state index >= 15 is 0 Å². The van der Waals surface area contributed by atoms with Crippen molar-refractivity contribution >= 4 is 5.97 Å². The van der Waals surface area contributed by atoms with Gasteiger partial charge in [0.25, 0.3) is 11.7 Å². The molecule has 1 fully saturated rings. The maximum Gasteiger partial charge on any atom is 0.350 e. The van der Waals surface area contributed by atoms with Crippen LogP contribution < -0.4 is 4.90 Å². The van der Waals surface area contributed by atoms with Gasteiger partial charge in [-0.15, -0.1) is 0 Å². The van der Waals surface area contributed by atoms with Gasteiger partial charge in [0.2, 0.25) is 0 Å². The Labute approximate surface area is 101 Å². The van der Waals surface area contributed by atoms with Crippen LogP contribution in [0.1, 0.15) is 33.1 Å². The Morgan fingerprint density at radius 3 is 2.47 bits per heavy atom. The number of hydrogen-bond acceptors (Lipinski definition) is 4. The molecule has 96 valence electrons. The molecule has 5 heteroatoms. The molecule has 0 radical (unpaired) electrons. The molecule has 0 aromatic rings. The lowest BCUT2D eigenvalue weighted by atomic mass is 10.1. The Morgan fingerprint density at radius 1 is 1.24 bits per heavy atom. The van der Waals surface area contributed by atoms with Gasteiger partial charge in [0, 0.05) is 13.8 Å². The lowest BCUT2D eigenvalue weighted by molar-refractivity contribution is -0.899. The van der Waals surface area contributed by atoms with E-state index in [0.29, 0.717) is 6.54 Å².